The summed E-state index contributed by atoms with van der Waals surface area (Å²) >= 11 is 0. The Balaban J connectivity index is 1.74. The zero-order valence-corrected chi connectivity index (χ0v) is 13.7. The molecule has 2 aromatic rings. The van der Waals surface area contributed by atoms with Gasteiger partial charge in [0.2, 0.25) is 0 Å². The normalized spacial score (nSPS) is 11.2. The summed E-state index contributed by atoms with van der Waals surface area (Å²) < 4.78 is 43.1. The molecule has 2 aromatic carbocycles. The number of ether oxygens (including phenoxy) is 1. The second-order valence-electron chi connectivity index (χ2n) is 5.33. The second-order valence-corrected chi connectivity index (χ2v) is 5.33. The van der Waals surface area contributed by atoms with Crippen LogP contribution in [0.15, 0.2) is 48.5 Å². The largest absolute Gasteiger partial charge is 0.492 e. The maximum Gasteiger partial charge on any atom is 0.416 e. The van der Waals surface area contributed by atoms with E-state index in [9.17, 15) is 18.0 Å². The molecule has 134 valence electrons. The van der Waals surface area contributed by atoms with Gasteiger partial charge in [-0.1, -0.05) is 18.2 Å². The Labute approximate surface area is 144 Å². The maximum atomic E-state index is 12.6. The Kier molecular flexibility index (Phi) is 6.41. The summed E-state index contributed by atoms with van der Waals surface area (Å²) in [4.78, 5) is 11.4. The van der Waals surface area contributed by atoms with Crippen molar-refractivity contribution in [2.45, 2.75) is 12.7 Å². The zero-order valence-electron chi connectivity index (χ0n) is 13.7. The van der Waals surface area contributed by atoms with Gasteiger partial charge in [-0.15, -0.1) is 0 Å². The van der Waals surface area contributed by atoms with E-state index in [1.165, 1.54) is 12.1 Å². The van der Waals surface area contributed by atoms with Crippen LogP contribution in [0.5, 0.6) is 5.75 Å². The topological polar surface area (TPSA) is 50.4 Å². The third kappa shape index (κ3) is 5.79. The lowest BCUT2D eigenvalue weighted by Crippen LogP contribution is -2.21. The molecule has 0 aliphatic heterocycles. The number of hydrogen-bond acceptors (Lipinski definition) is 3. The van der Waals surface area contributed by atoms with Crippen LogP contribution in [0.3, 0.4) is 0 Å². The van der Waals surface area contributed by atoms with Crippen molar-refractivity contribution < 1.29 is 22.7 Å². The van der Waals surface area contributed by atoms with Crippen molar-refractivity contribution in [3.05, 3.63) is 65.2 Å². The molecule has 0 aliphatic carbocycles. The van der Waals surface area contributed by atoms with Crippen LogP contribution in [0.2, 0.25) is 0 Å². The molecule has 0 unspecified atom stereocenters. The predicted molar refractivity (Wildman–Crippen MR) is 88.5 cm³/mol. The summed E-state index contributed by atoms with van der Waals surface area (Å²) in [6, 6.07) is 11.9. The lowest BCUT2D eigenvalue weighted by molar-refractivity contribution is -0.137. The minimum Gasteiger partial charge on any atom is -0.492 e. The minimum absolute atomic E-state index is 0.144. The Morgan fingerprint density at radius 3 is 2.48 bits per heavy atom. The van der Waals surface area contributed by atoms with Gasteiger partial charge in [0.25, 0.3) is 5.91 Å². The fourth-order valence-electron chi connectivity index (χ4n) is 2.15. The number of benzene rings is 2. The average molecular weight is 352 g/mol. The van der Waals surface area contributed by atoms with Crippen molar-refractivity contribution in [1.29, 1.82) is 0 Å². The minimum atomic E-state index is -4.38. The number of nitrogens with one attached hydrogen (secondary N) is 2. The van der Waals surface area contributed by atoms with Gasteiger partial charge in [0, 0.05) is 25.7 Å². The van der Waals surface area contributed by atoms with Gasteiger partial charge in [-0.25, -0.2) is 0 Å². The van der Waals surface area contributed by atoms with E-state index in [1.807, 2.05) is 12.1 Å². The fraction of sp³-hybridized carbons (Fsp3) is 0.278. The van der Waals surface area contributed by atoms with E-state index >= 15 is 0 Å². The first kappa shape index (κ1) is 18.8. The van der Waals surface area contributed by atoms with Crippen molar-refractivity contribution in [3.63, 3.8) is 0 Å². The molecule has 4 nitrogen and oxygen atoms in total. The highest BCUT2D eigenvalue weighted by Gasteiger charge is 2.30. The number of rotatable bonds is 7. The number of alkyl halides is 3. The molecule has 0 heterocycles. The van der Waals surface area contributed by atoms with Gasteiger partial charge < -0.3 is 15.4 Å². The Morgan fingerprint density at radius 1 is 1.12 bits per heavy atom. The summed E-state index contributed by atoms with van der Waals surface area (Å²) in [6.07, 6.45) is -4.38. The monoisotopic (exact) mass is 352 g/mol. The van der Waals surface area contributed by atoms with Gasteiger partial charge >= 0.3 is 6.18 Å². The third-order valence-electron chi connectivity index (χ3n) is 3.48. The lowest BCUT2D eigenvalue weighted by Gasteiger charge is -2.11. The second kappa shape index (κ2) is 8.53. The molecule has 0 fully saturated rings. The van der Waals surface area contributed by atoms with E-state index in [0.717, 1.165) is 17.7 Å². The van der Waals surface area contributed by atoms with E-state index in [4.69, 9.17) is 4.74 Å². The van der Waals surface area contributed by atoms with Crippen LogP contribution < -0.4 is 15.4 Å². The quantitative estimate of drug-likeness (QED) is 0.752. The van der Waals surface area contributed by atoms with Crippen LogP contribution in [0.4, 0.5) is 13.2 Å². The number of hydrogen-bond donors (Lipinski definition) is 2. The van der Waals surface area contributed by atoms with Crippen molar-refractivity contribution in [3.8, 4) is 5.75 Å². The highest BCUT2D eigenvalue weighted by Crippen LogP contribution is 2.31. The van der Waals surface area contributed by atoms with E-state index < -0.39 is 11.7 Å². The predicted octanol–water partition coefficient (Wildman–Crippen LogP) is 3.23. The number of carbonyl (C=O) groups is 1. The Bertz CT molecular complexity index is 700. The van der Waals surface area contributed by atoms with Crippen LogP contribution in [0, 0.1) is 0 Å². The van der Waals surface area contributed by atoms with Gasteiger partial charge in [0.15, 0.2) is 0 Å². The van der Waals surface area contributed by atoms with Crippen LogP contribution in [-0.4, -0.2) is 26.1 Å². The molecule has 0 atom stereocenters. The molecule has 7 heteroatoms. The first-order valence-electron chi connectivity index (χ1n) is 7.72. The standard InChI is InChI=1S/C18H19F3N2O2/c1-22-17(24)14-7-5-13(6-8-14)12-23-9-10-25-16-4-2-3-15(11-16)18(19,20)21/h2-8,11,23H,9-10,12H2,1H3,(H,22,24). The number of amides is 1. The van der Waals surface area contributed by atoms with Gasteiger partial charge in [-0.3, -0.25) is 4.79 Å². The lowest BCUT2D eigenvalue weighted by atomic mass is 10.1. The molecule has 0 saturated heterocycles. The van der Waals surface area contributed by atoms with Crippen LogP contribution >= 0.6 is 0 Å². The number of halogens is 3. The maximum absolute atomic E-state index is 12.6. The van der Waals surface area contributed by atoms with Gasteiger partial charge in [0.1, 0.15) is 12.4 Å². The zero-order chi connectivity index (χ0) is 18.3. The van der Waals surface area contributed by atoms with Gasteiger partial charge in [0.05, 0.1) is 5.56 Å². The molecule has 2 N–H and O–H groups in total. The molecular formula is C18H19F3N2O2. The molecule has 0 aliphatic rings. The summed E-state index contributed by atoms with van der Waals surface area (Å²) in [5, 5.41) is 5.68. The summed E-state index contributed by atoms with van der Waals surface area (Å²) in [7, 11) is 1.57. The highest BCUT2D eigenvalue weighted by atomic mass is 19.4. The Hall–Kier alpha value is -2.54. The first-order chi connectivity index (χ1) is 11.9. The highest BCUT2D eigenvalue weighted by molar-refractivity contribution is 5.93. The van der Waals surface area contributed by atoms with Crippen molar-refractivity contribution >= 4 is 5.91 Å². The van der Waals surface area contributed by atoms with E-state index in [-0.39, 0.29) is 18.3 Å². The molecule has 0 saturated carbocycles. The number of carbonyl (C=O) groups excluding carboxylic acids is 1. The van der Waals surface area contributed by atoms with Gasteiger partial charge in [-0.05, 0) is 35.9 Å². The SMILES string of the molecule is CNC(=O)c1ccc(CNCCOc2cccc(C(F)(F)F)c2)cc1. The van der Waals surface area contributed by atoms with Crippen LogP contribution in [-0.2, 0) is 12.7 Å². The summed E-state index contributed by atoms with van der Waals surface area (Å²) in [6.45, 7) is 1.30. The molecule has 0 spiro atoms. The van der Waals surface area contributed by atoms with Gasteiger partial charge in [-0.2, -0.15) is 13.2 Å². The Morgan fingerprint density at radius 2 is 1.84 bits per heavy atom. The fourth-order valence-corrected chi connectivity index (χ4v) is 2.15. The molecule has 2 rings (SSSR count). The first-order valence-corrected chi connectivity index (χ1v) is 7.72. The van der Waals surface area contributed by atoms with E-state index in [2.05, 4.69) is 10.6 Å². The van der Waals surface area contributed by atoms with Crippen LogP contribution in [0.1, 0.15) is 21.5 Å². The van der Waals surface area contributed by atoms with Crippen LogP contribution in [0.25, 0.3) is 0 Å². The third-order valence-corrected chi connectivity index (χ3v) is 3.48. The molecule has 25 heavy (non-hydrogen) atoms. The molecule has 0 aromatic heterocycles. The smallest absolute Gasteiger partial charge is 0.416 e. The molecule has 1 amide bonds. The molecule has 0 bridgehead atoms. The molecular weight excluding hydrogens is 333 g/mol. The van der Waals surface area contributed by atoms with Crippen molar-refractivity contribution in [2.24, 2.45) is 0 Å². The van der Waals surface area contributed by atoms with Crippen molar-refractivity contribution in [2.75, 3.05) is 20.2 Å². The van der Waals surface area contributed by atoms with E-state index in [1.54, 1.807) is 19.2 Å². The average Bonchev–Trinajstić information content (AvgIpc) is 2.61. The summed E-state index contributed by atoms with van der Waals surface area (Å²) in [5.74, 6) is 0.0422. The summed E-state index contributed by atoms with van der Waals surface area (Å²) in [5.41, 5.74) is 0.847. The van der Waals surface area contributed by atoms with Crippen molar-refractivity contribution in [1.82, 2.24) is 10.6 Å². The molecule has 0 radical (unpaired) electrons. The van der Waals surface area contributed by atoms with E-state index in [0.29, 0.717) is 18.7 Å².